The number of halogens is 1. The summed E-state index contributed by atoms with van der Waals surface area (Å²) in [5.41, 5.74) is 1.83. The van der Waals surface area contributed by atoms with Crippen LogP contribution in [0.4, 0.5) is 5.95 Å². The summed E-state index contributed by atoms with van der Waals surface area (Å²) >= 11 is 6.15. The third-order valence-corrected chi connectivity index (χ3v) is 7.00. The summed E-state index contributed by atoms with van der Waals surface area (Å²) < 4.78 is 12.6. The molecule has 0 spiro atoms. The van der Waals surface area contributed by atoms with E-state index in [4.69, 9.17) is 26.1 Å². The molecule has 3 N–H and O–H groups in total. The second-order valence-electron chi connectivity index (χ2n) is 9.60. The number of carbonyl (C=O) groups is 1. The summed E-state index contributed by atoms with van der Waals surface area (Å²) in [7, 11) is 0. The Morgan fingerprint density at radius 1 is 1.08 bits per heavy atom. The zero-order valence-electron chi connectivity index (χ0n) is 21.4. The molecule has 3 aromatic heterocycles. The molecule has 1 amide bonds. The first-order chi connectivity index (χ1) is 18.5. The van der Waals surface area contributed by atoms with Gasteiger partial charge in [-0.05, 0) is 44.7 Å². The van der Waals surface area contributed by atoms with Crippen molar-refractivity contribution in [3.05, 3.63) is 59.0 Å². The minimum absolute atomic E-state index is 0.273. The van der Waals surface area contributed by atoms with Crippen LogP contribution in [0, 0.1) is 6.92 Å². The highest BCUT2D eigenvalue weighted by Gasteiger charge is 2.22. The third-order valence-electron chi connectivity index (χ3n) is 6.79. The molecule has 11 nitrogen and oxygen atoms in total. The largest absolute Gasteiger partial charge is 0.381 e. The van der Waals surface area contributed by atoms with Crippen LogP contribution in [0.1, 0.15) is 53.5 Å². The minimum atomic E-state index is -0.384. The second-order valence-corrected chi connectivity index (χ2v) is 9.99. The van der Waals surface area contributed by atoms with Crippen molar-refractivity contribution in [2.24, 2.45) is 0 Å². The van der Waals surface area contributed by atoms with Gasteiger partial charge in [-0.3, -0.25) is 9.36 Å². The third kappa shape index (κ3) is 6.84. The Hall–Kier alpha value is -3.12. The van der Waals surface area contributed by atoms with Crippen molar-refractivity contribution >= 4 is 23.5 Å². The van der Waals surface area contributed by atoms with Crippen molar-refractivity contribution < 1.29 is 14.3 Å². The van der Waals surface area contributed by atoms with Crippen LogP contribution in [-0.2, 0) is 9.47 Å². The van der Waals surface area contributed by atoms with E-state index in [0.29, 0.717) is 35.2 Å². The molecule has 12 heteroatoms. The number of aromatic nitrogens is 5. The smallest absolute Gasteiger partial charge is 0.272 e. The van der Waals surface area contributed by atoms with Gasteiger partial charge in [0, 0.05) is 63.0 Å². The van der Waals surface area contributed by atoms with Gasteiger partial charge in [0.25, 0.3) is 5.91 Å². The van der Waals surface area contributed by atoms with Gasteiger partial charge in [0.1, 0.15) is 23.0 Å². The molecular weight excluding hydrogens is 508 g/mol. The Morgan fingerprint density at radius 3 is 2.55 bits per heavy atom. The molecule has 2 fully saturated rings. The molecule has 0 radical (unpaired) electrons. The summed E-state index contributed by atoms with van der Waals surface area (Å²) in [6.07, 6.45) is 8.72. The topological polar surface area (TPSA) is 128 Å². The molecule has 2 aliphatic rings. The van der Waals surface area contributed by atoms with Crippen LogP contribution in [0.2, 0.25) is 5.15 Å². The lowest BCUT2D eigenvalue weighted by molar-refractivity contribution is 0.0766. The Kier molecular flexibility index (Phi) is 8.79. The first kappa shape index (κ1) is 26.5. The predicted octanol–water partition coefficient (Wildman–Crippen LogP) is 2.85. The zero-order valence-corrected chi connectivity index (χ0v) is 22.2. The fraction of sp³-hybridized carbons (Fsp3) is 0.500. The van der Waals surface area contributed by atoms with Crippen molar-refractivity contribution in [2.75, 3.05) is 38.3 Å². The quantitative estimate of drug-likeness (QED) is 0.351. The Morgan fingerprint density at radius 2 is 1.82 bits per heavy atom. The maximum atomic E-state index is 13.3. The monoisotopic (exact) mass is 540 g/mol. The van der Waals surface area contributed by atoms with Crippen molar-refractivity contribution in [3.8, 4) is 5.82 Å². The van der Waals surface area contributed by atoms with E-state index < -0.39 is 0 Å². The lowest BCUT2D eigenvalue weighted by Gasteiger charge is -2.26. The molecule has 1 atom stereocenters. The Balaban J connectivity index is 1.29. The van der Waals surface area contributed by atoms with Crippen molar-refractivity contribution in [2.45, 2.75) is 50.7 Å². The van der Waals surface area contributed by atoms with Crippen molar-refractivity contribution in [3.63, 3.8) is 0 Å². The van der Waals surface area contributed by atoms with Gasteiger partial charge in [0.15, 0.2) is 0 Å². The fourth-order valence-electron chi connectivity index (χ4n) is 4.61. The molecule has 38 heavy (non-hydrogen) atoms. The number of imidazole rings is 1. The first-order valence-electron chi connectivity index (χ1n) is 13.0. The first-order valence-corrected chi connectivity index (χ1v) is 13.4. The summed E-state index contributed by atoms with van der Waals surface area (Å²) in [5, 5.41) is 10.4. The summed E-state index contributed by atoms with van der Waals surface area (Å²) in [5.74, 6) is 0.899. The molecule has 3 aromatic rings. The van der Waals surface area contributed by atoms with E-state index in [1.54, 1.807) is 29.4 Å². The molecule has 0 aliphatic carbocycles. The van der Waals surface area contributed by atoms with Crippen LogP contribution in [0.15, 0.2) is 36.9 Å². The highest BCUT2D eigenvalue weighted by Crippen LogP contribution is 2.18. The maximum Gasteiger partial charge on any atom is 0.272 e. The van der Waals surface area contributed by atoms with Crippen LogP contribution in [0.5, 0.6) is 0 Å². The number of rotatable bonds is 9. The molecule has 0 bridgehead atoms. The van der Waals surface area contributed by atoms with Crippen LogP contribution in [-0.4, -0.2) is 75.5 Å². The van der Waals surface area contributed by atoms with E-state index in [1.165, 1.54) is 0 Å². The number of aryl methyl sites for hydroxylation is 1. The molecule has 0 saturated carbocycles. The van der Waals surface area contributed by atoms with Crippen LogP contribution in [0.3, 0.4) is 0 Å². The molecular formula is C26H33ClN8O3. The van der Waals surface area contributed by atoms with Gasteiger partial charge in [-0.1, -0.05) is 17.7 Å². The minimum Gasteiger partial charge on any atom is -0.381 e. The van der Waals surface area contributed by atoms with E-state index in [2.05, 4.69) is 30.9 Å². The lowest BCUT2D eigenvalue weighted by Crippen LogP contribution is -2.42. The van der Waals surface area contributed by atoms with Gasteiger partial charge in [-0.15, -0.1) is 0 Å². The van der Waals surface area contributed by atoms with E-state index in [9.17, 15) is 4.79 Å². The number of pyridine rings is 1. The summed E-state index contributed by atoms with van der Waals surface area (Å²) in [6, 6.07) is 5.62. The SMILES string of the molecule is Cc1cnc(NC2CCOCC2)nc1-n1cnc(C(=O)NC(CNC2CCOCC2)c2cccc(Cl)n2)c1. The average Bonchev–Trinajstić information content (AvgIpc) is 3.43. The summed E-state index contributed by atoms with van der Waals surface area (Å²) in [4.78, 5) is 31.2. The molecule has 5 rings (SSSR count). The van der Waals surface area contributed by atoms with Crippen LogP contribution < -0.4 is 16.0 Å². The number of nitrogens with zero attached hydrogens (tertiary/aromatic N) is 5. The van der Waals surface area contributed by atoms with Gasteiger partial charge in [-0.25, -0.2) is 15.0 Å². The number of carbonyl (C=O) groups excluding carboxylic acids is 1. The molecule has 2 saturated heterocycles. The molecule has 2 aliphatic heterocycles. The lowest BCUT2D eigenvalue weighted by atomic mass is 10.1. The maximum absolute atomic E-state index is 13.3. The van der Waals surface area contributed by atoms with Crippen molar-refractivity contribution in [1.29, 1.82) is 0 Å². The highest BCUT2D eigenvalue weighted by atomic mass is 35.5. The zero-order chi connectivity index (χ0) is 26.3. The van der Waals surface area contributed by atoms with E-state index in [0.717, 1.165) is 57.7 Å². The molecule has 5 heterocycles. The molecule has 202 valence electrons. The number of hydrogen-bond donors (Lipinski definition) is 3. The van der Waals surface area contributed by atoms with Gasteiger partial charge in [-0.2, -0.15) is 4.98 Å². The number of amides is 1. The van der Waals surface area contributed by atoms with E-state index in [-0.39, 0.29) is 23.7 Å². The number of nitrogens with one attached hydrogen (secondary N) is 3. The Bertz CT molecular complexity index is 1230. The summed E-state index contributed by atoms with van der Waals surface area (Å²) in [6.45, 7) is 5.36. The fourth-order valence-corrected chi connectivity index (χ4v) is 4.78. The highest BCUT2D eigenvalue weighted by molar-refractivity contribution is 6.29. The molecule has 0 aromatic carbocycles. The van der Waals surface area contributed by atoms with Crippen molar-refractivity contribution in [1.82, 2.24) is 35.1 Å². The van der Waals surface area contributed by atoms with Gasteiger partial charge < -0.3 is 25.4 Å². The normalized spacial score (nSPS) is 17.7. The molecule has 1 unspecified atom stereocenters. The van der Waals surface area contributed by atoms with Crippen LogP contribution in [0.25, 0.3) is 5.82 Å². The van der Waals surface area contributed by atoms with Gasteiger partial charge in [0.05, 0.1) is 11.7 Å². The standard InChI is InChI=1S/C26H33ClN8O3/c1-17-13-29-26(31-19-7-11-38-12-8-19)34-24(17)35-15-22(30-16-35)25(36)33-21(20-3-2-4-23(27)32-20)14-28-18-5-9-37-10-6-18/h2-4,13,15-16,18-19,21,28H,5-12,14H2,1H3,(H,33,36)(H,29,31,34). The number of hydrogen-bond acceptors (Lipinski definition) is 9. The van der Waals surface area contributed by atoms with Gasteiger partial charge in [0.2, 0.25) is 5.95 Å². The second kappa shape index (κ2) is 12.6. The van der Waals surface area contributed by atoms with Crippen LogP contribution >= 0.6 is 11.6 Å². The Labute approximate surface area is 226 Å². The number of anilines is 1. The predicted molar refractivity (Wildman–Crippen MR) is 143 cm³/mol. The van der Waals surface area contributed by atoms with E-state index in [1.807, 2.05) is 19.1 Å². The average molecular weight is 541 g/mol. The van der Waals surface area contributed by atoms with Gasteiger partial charge >= 0.3 is 0 Å². The van der Waals surface area contributed by atoms with E-state index >= 15 is 0 Å². The number of ether oxygens (including phenoxy) is 2.